The predicted octanol–water partition coefficient (Wildman–Crippen LogP) is 2.12. The molecule has 2 aromatic rings. The van der Waals surface area contributed by atoms with Crippen LogP contribution in [0.1, 0.15) is 18.7 Å². The number of hydrogen-bond donors (Lipinski definition) is 3. The Hall–Kier alpha value is -2.57. The Bertz CT molecular complexity index is 636. The Morgan fingerprint density at radius 2 is 2.20 bits per heavy atom. The van der Waals surface area contributed by atoms with Crippen LogP contribution in [0.4, 0.5) is 10.5 Å². The molecule has 0 saturated heterocycles. The van der Waals surface area contributed by atoms with Crippen molar-refractivity contribution >= 4 is 28.8 Å². The van der Waals surface area contributed by atoms with Gasteiger partial charge < -0.3 is 20.2 Å². The molecule has 0 saturated carbocycles. The van der Waals surface area contributed by atoms with Crippen LogP contribution in [-0.4, -0.2) is 28.6 Å². The monoisotopic (exact) mass is 277 g/mol. The summed E-state index contributed by atoms with van der Waals surface area (Å²) in [5.41, 5.74) is 1.92. The number of urea groups is 1. The summed E-state index contributed by atoms with van der Waals surface area (Å²) in [6.07, 6.45) is 0.423. The lowest BCUT2D eigenvalue weighted by Gasteiger charge is -2.06. The third-order valence-corrected chi connectivity index (χ3v) is 2.61. The van der Waals surface area contributed by atoms with Crippen LogP contribution in [0.25, 0.3) is 11.1 Å². The second-order valence-corrected chi connectivity index (χ2v) is 4.29. The van der Waals surface area contributed by atoms with Crippen LogP contribution in [0.15, 0.2) is 22.6 Å². The lowest BCUT2D eigenvalue weighted by atomic mass is 10.3. The van der Waals surface area contributed by atoms with E-state index in [1.54, 1.807) is 25.1 Å². The summed E-state index contributed by atoms with van der Waals surface area (Å²) in [5, 5.41) is 13.7. The number of hydrogen-bond acceptors (Lipinski definition) is 4. The number of oxazole rings is 1. The van der Waals surface area contributed by atoms with E-state index in [2.05, 4.69) is 15.6 Å². The largest absolute Gasteiger partial charge is 0.481 e. The van der Waals surface area contributed by atoms with Crippen LogP contribution in [0.5, 0.6) is 0 Å². The summed E-state index contributed by atoms with van der Waals surface area (Å²) in [4.78, 5) is 26.1. The molecule has 3 N–H and O–H groups in total. The zero-order chi connectivity index (χ0) is 14.5. The molecule has 1 aromatic heterocycles. The van der Waals surface area contributed by atoms with Crippen molar-refractivity contribution in [2.75, 3.05) is 11.9 Å². The number of nitrogens with one attached hydrogen (secondary N) is 2. The molecule has 20 heavy (non-hydrogen) atoms. The molecule has 0 atom stereocenters. The fourth-order valence-electron chi connectivity index (χ4n) is 1.73. The van der Waals surface area contributed by atoms with Gasteiger partial charge in [0.05, 0.1) is 0 Å². The quantitative estimate of drug-likeness (QED) is 0.726. The Kier molecular flexibility index (Phi) is 4.19. The fourth-order valence-corrected chi connectivity index (χ4v) is 1.73. The number of amides is 2. The second-order valence-electron chi connectivity index (χ2n) is 4.29. The molecule has 0 aliphatic carbocycles. The molecule has 0 spiro atoms. The van der Waals surface area contributed by atoms with Gasteiger partial charge in [0, 0.05) is 31.6 Å². The van der Waals surface area contributed by atoms with Crippen LogP contribution in [0.3, 0.4) is 0 Å². The number of rotatable bonds is 5. The van der Waals surface area contributed by atoms with Gasteiger partial charge in [0.2, 0.25) is 0 Å². The van der Waals surface area contributed by atoms with Crippen LogP contribution in [0, 0.1) is 6.92 Å². The Morgan fingerprint density at radius 3 is 2.95 bits per heavy atom. The zero-order valence-electron chi connectivity index (χ0n) is 11.0. The van der Waals surface area contributed by atoms with Crippen molar-refractivity contribution in [2.24, 2.45) is 0 Å². The number of anilines is 1. The van der Waals surface area contributed by atoms with E-state index in [4.69, 9.17) is 9.52 Å². The summed E-state index contributed by atoms with van der Waals surface area (Å²) in [6, 6.07) is 4.78. The average molecular weight is 277 g/mol. The second kappa shape index (κ2) is 6.05. The minimum Gasteiger partial charge on any atom is -0.481 e. The predicted molar refractivity (Wildman–Crippen MR) is 72.6 cm³/mol. The van der Waals surface area contributed by atoms with Crippen LogP contribution in [0.2, 0.25) is 0 Å². The van der Waals surface area contributed by atoms with E-state index in [1.165, 1.54) is 0 Å². The van der Waals surface area contributed by atoms with Gasteiger partial charge in [-0.25, -0.2) is 9.78 Å². The van der Waals surface area contributed by atoms with Crippen LogP contribution >= 0.6 is 0 Å². The van der Waals surface area contributed by atoms with Gasteiger partial charge in [-0.2, -0.15) is 0 Å². The highest BCUT2D eigenvalue weighted by atomic mass is 16.4. The topological polar surface area (TPSA) is 104 Å². The zero-order valence-corrected chi connectivity index (χ0v) is 11.0. The smallest absolute Gasteiger partial charge is 0.319 e. The lowest BCUT2D eigenvalue weighted by molar-refractivity contribution is -0.137. The third-order valence-electron chi connectivity index (χ3n) is 2.61. The number of carboxylic acid groups (broad SMARTS) is 1. The first-order valence-electron chi connectivity index (χ1n) is 6.18. The van der Waals surface area contributed by atoms with E-state index in [1.807, 2.05) is 0 Å². The van der Waals surface area contributed by atoms with Gasteiger partial charge in [-0.1, -0.05) is 0 Å². The molecule has 0 bridgehead atoms. The van der Waals surface area contributed by atoms with E-state index in [9.17, 15) is 9.59 Å². The number of fused-ring (bicyclic) bond motifs is 1. The van der Waals surface area contributed by atoms with E-state index in [0.717, 1.165) is 5.52 Å². The Balaban J connectivity index is 1.87. The van der Waals surface area contributed by atoms with Gasteiger partial charge >= 0.3 is 12.0 Å². The molecular formula is C13H15N3O4. The molecule has 7 heteroatoms. The van der Waals surface area contributed by atoms with Gasteiger partial charge in [0.15, 0.2) is 11.5 Å². The van der Waals surface area contributed by atoms with Gasteiger partial charge in [-0.15, -0.1) is 0 Å². The fraction of sp³-hybridized carbons (Fsp3) is 0.308. The van der Waals surface area contributed by atoms with Crippen LogP contribution in [-0.2, 0) is 4.79 Å². The first-order chi connectivity index (χ1) is 9.54. The molecular weight excluding hydrogens is 262 g/mol. The van der Waals surface area contributed by atoms with Gasteiger partial charge in [0.1, 0.15) is 5.52 Å². The number of aliphatic carboxylic acids is 1. The number of aryl methyl sites for hydroxylation is 1. The highest BCUT2D eigenvalue weighted by molar-refractivity contribution is 5.91. The number of benzene rings is 1. The number of aromatic nitrogens is 1. The van der Waals surface area contributed by atoms with Crippen molar-refractivity contribution in [2.45, 2.75) is 19.8 Å². The van der Waals surface area contributed by atoms with E-state index in [-0.39, 0.29) is 12.5 Å². The highest BCUT2D eigenvalue weighted by Crippen LogP contribution is 2.19. The van der Waals surface area contributed by atoms with E-state index >= 15 is 0 Å². The molecule has 1 heterocycles. The molecule has 2 amide bonds. The lowest BCUT2D eigenvalue weighted by Crippen LogP contribution is -2.29. The molecule has 106 valence electrons. The van der Waals surface area contributed by atoms with E-state index < -0.39 is 5.97 Å². The highest BCUT2D eigenvalue weighted by Gasteiger charge is 2.06. The number of nitrogens with zero attached hydrogens (tertiary/aromatic N) is 1. The van der Waals surface area contributed by atoms with Crippen molar-refractivity contribution in [3.05, 3.63) is 24.1 Å². The van der Waals surface area contributed by atoms with Gasteiger partial charge in [0.25, 0.3) is 0 Å². The molecule has 1 aromatic carbocycles. The summed E-state index contributed by atoms with van der Waals surface area (Å²) in [7, 11) is 0. The Labute approximate surface area is 115 Å². The third kappa shape index (κ3) is 3.71. The van der Waals surface area contributed by atoms with Crippen molar-refractivity contribution in [1.29, 1.82) is 0 Å². The maximum absolute atomic E-state index is 11.6. The Morgan fingerprint density at radius 1 is 1.40 bits per heavy atom. The first kappa shape index (κ1) is 13.9. The summed E-state index contributed by atoms with van der Waals surface area (Å²) in [6.45, 7) is 2.06. The maximum Gasteiger partial charge on any atom is 0.319 e. The average Bonchev–Trinajstić information content (AvgIpc) is 2.74. The summed E-state index contributed by atoms with van der Waals surface area (Å²) in [5.74, 6) is -0.311. The summed E-state index contributed by atoms with van der Waals surface area (Å²) < 4.78 is 5.37. The van der Waals surface area contributed by atoms with Crippen molar-refractivity contribution in [3.63, 3.8) is 0 Å². The molecule has 2 rings (SSSR count). The summed E-state index contributed by atoms with van der Waals surface area (Å²) >= 11 is 0. The van der Waals surface area contributed by atoms with Crippen LogP contribution < -0.4 is 10.6 Å². The normalized spacial score (nSPS) is 10.4. The number of carbonyl (C=O) groups is 2. The number of carboxylic acids is 1. The SMILES string of the molecule is Cc1nc2ccc(NC(=O)NCCCC(=O)O)cc2o1. The molecule has 0 unspecified atom stereocenters. The van der Waals surface area contributed by atoms with Gasteiger partial charge in [-0.05, 0) is 18.6 Å². The first-order valence-corrected chi connectivity index (χ1v) is 6.18. The maximum atomic E-state index is 11.6. The van der Waals surface area contributed by atoms with Crippen molar-refractivity contribution in [1.82, 2.24) is 10.3 Å². The van der Waals surface area contributed by atoms with Gasteiger partial charge in [-0.3, -0.25) is 4.79 Å². The van der Waals surface area contributed by atoms with Crippen molar-refractivity contribution < 1.29 is 19.1 Å². The van der Waals surface area contributed by atoms with E-state index in [0.29, 0.717) is 30.1 Å². The minimum atomic E-state index is -0.877. The molecule has 0 aliphatic heterocycles. The number of carbonyl (C=O) groups excluding carboxylic acids is 1. The molecule has 0 fully saturated rings. The molecule has 7 nitrogen and oxygen atoms in total. The standard InChI is InChI=1S/C13H15N3O4/c1-8-15-10-5-4-9(7-11(10)20-8)16-13(19)14-6-2-3-12(17)18/h4-5,7H,2-3,6H2,1H3,(H,17,18)(H2,14,16,19). The molecule has 0 aliphatic rings. The minimum absolute atomic E-state index is 0.0313. The molecule has 0 radical (unpaired) electrons. The van der Waals surface area contributed by atoms with Crippen molar-refractivity contribution in [3.8, 4) is 0 Å².